The standard InChI is InChI=1S/C14H18N2O4/c15-14(18)9-1-3-16(4-2-9)7-10-5-12-13(6-11(10)17)20-8-19-12/h5-6,9,17H,1-4,7-8H2,(H2,15,18). The van der Waals surface area contributed by atoms with Crippen LogP contribution in [0.4, 0.5) is 0 Å². The number of aromatic hydroxyl groups is 1. The third-order valence-corrected chi connectivity index (χ3v) is 3.96. The fourth-order valence-electron chi connectivity index (χ4n) is 2.72. The zero-order valence-electron chi connectivity index (χ0n) is 11.2. The van der Waals surface area contributed by atoms with Gasteiger partial charge in [0.1, 0.15) is 5.75 Å². The number of hydrogen-bond acceptors (Lipinski definition) is 5. The van der Waals surface area contributed by atoms with Crippen LogP contribution in [0, 0.1) is 5.92 Å². The van der Waals surface area contributed by atoms with Crippen LogP contribution in [-0.4, -0.2) is 35.8 Å². The van der Waals surface area contributed by atoms with Gasteiger partial charge in [0, 0.05) is 24.1 Å². The van der Waals surface area contributed by atoms with E-state index in [0.29, 0.717) is 18.0 Å². The van der Waals surface area contributed by atoms with Gasteiger partial charge in [-0.2, -0.15) is 0 Å². The van der Waals surface area contributed by atoms with Crippen molar-refractivity contribution in [3.8, 4) is 17.2 Å². The zero-order valence-corrected chi connectivity index (χ0v) is 11.2. The van der Waals surface area contributed by atoms with Crippen LogP contribution in [0.2, 0.25) is 0 Å². The average molecular weight is 278 g/mol. The number of hydrogen-bond donors (Lipinski definition) is 2. The summed E-state index contributed by atoms with van der Waals surface area (Å²) in [6.07, 6.45) is 1.56. The fraction of sp³-hybridized carbons (Fsp3) is 0.500. The summed E-state index contributed by atoms with van der Waals surface area (Å²) in [5, 5.41) is 10.0. The first kappa shape index (κ1) is 13.1. The molecular weight excluding hydrogens is 260 g/mol. The lowest BCUT2D eigenvalue weighted by Crippen LogP contribution is -2.38. The number of piperidine rings is 1. The fourth-order valence-corrected chi connectivity index (χ4v) is 2.72. The molecule has 0 radical (unpaired) electrons. The van der Waals surface area contributed by atoms with Crippen LogP contribution in [-0.2, 0) is 11.3 Å². The monoisotopic (exact) mass is 278 g/mol. The van der Waals surface area contributed by atoms with Gasteiger partial charge in [0.25, 0.3) is 0 Å². The van der Waals surface area contributed by atoms with E-state index in [1.807, 2.05) is 6.07 Å². The molecule has 0 aliphatic carbocycles. The molecule has 0 spiro atoms. The van der Waals surface area contributed by atoms with Gasteiger partial charge < -0.3 is 20.3 Å². The van der Waals surface area contributed by atoms with Crippen LogP contribution in [0.5, 0.6) is 17.2 Å². The molecule has 1 saturated heterocycles. The van der Waals surface area contributed by atoms with Gasteiger partial charge in [0.2, 0.25) is 12.7 Å². The number of likely N-dealkylation sites (tertiary alicyclic amines) is 1. The predicted octanol–water partition coefficient (Wildman–Crippen LogP) is 0.818. The molecule has 3 N–H and O–H groups in total. The van der Waals surface area contributed by atoms with Gasteiger partial charge in [0.05, 0.1) is 0 Å². The van der Waals surface area contributed by atoms with E-state index in [-0.39, 0.29) is 24.4 Å². The van der Waals surface area contributed by atoms with Crippen LogP contribution < -0.4 is 15.2 Å². The van der Waals surface area contributed by atoms with E-state index < -0.39 is 0 Å². The van der Waals surface area contributed by atoms with Crippen LogP contribution >= 0.6 is 0 Å². The van der Waals surface area contributed by atoms with E-state index >= 15 is 0 Å². The van der Waals surface area contributed by atoms with Crippen molar-refractivity contribution in [1.29, 1.82) is 0 Å². The van der Waals surface area contributed by atoms with Gasteiger partial charge >= 0.3 is 0 Å². The highest BCUT2D eigenvalue weighted by Crippen LogP contribution is 2.38. The molecule has 0 bridgehead atoms. The largest absolute Gasteiger partial charge is 0.507 e. The maximum atomic E-state index is 11.1. The Morgan fingerprint density at radius 2 is 1.95 bits per heavy atom. The first-order valence-electron chi connectivity index (χ1n) is 6.76. The molecule has 1 fully saturated rings. The topological polar surface area (TPSA) is 85.0 Å². The predicted molar refractivity (Wildman–Crippen MR) is 71.4 cm³/mol. The summed E-state index contributed by atoms with van der Waals surface area (Å²) in [5.74, 6) is 1.24. The Hall–Kier alpha value is -1.95. The molecule has 6 heteroatoms. The number of fused-ring (bicyclic) bond motifs is 1. The highest BCUT2D eigenvalue weighted by molar-refractivity contribution is 5.76. The number of phenolic OH excluding ortho intramolecular Hbond substituents is 1. The molecule has 20 heavy (non-hydrogen) atoms. The van der Waals surface area contributed by atoms with Crippen LogP contribution in [0.25, 0.3) is 0 Å². The van der Waals surface area contributed by atoms with Crippen molar-refractivity contribution < 1.29 is 19.4 Å². The number of nitrogens with two attached hydrogens (primary N) is 1. The summed E-state index contributed by atoms with van der Waals surface area (Å²) in [5.41, 5.74) is 6.13. The minimum absolute atomic E-state index is 0.0170. The van der Waals surface area contributed by atoms with Gasteiger partial charge in [0.15, 0.2) is 11.5 Å². The third kappa shape index (κ3) is 2.51. The Morgan fingerprint density at radius 3 is 2.60 bits per heavy atom. The van der Waals surface area contributed by atoms with E-state index in [2.05, 4.69) is 4.90 Å². The second-order valence-corrected chi connectivity index (χ2v) is 5.29. The molecule has 2 aliphatic heterocycles. The molecule has 1 aromatic carbocycles. The molecule has 108 valence electrons. The highest BCUT2D eigenvalue weighted by atomic mass is 16.7. The molecule has 0 unspecified atom stereocenters. The molecule has 3 rings (SSSR count). The molecule has 0 aromatic heterocycles. The molecular formula is C14H18N2O4. The number of phenols is 1. The van der Waals surface area contributed by atoms with Crippen molar-refractivity contribution in [2.75, 3.05) is 19.9 Å². The van der Waals surface area contributed by atoms with Crippen LogP contribution in [0.3, 0.4) is 0 Å². The Bertz CT molecular complexity index is 524. The zero-order chi connectivity index (χ0) is 14.1. The molecule has 2 aliphatic rings. The Morgan fingerprint density at radius 1 is 1.30 bits per heavy atom. The summed E-state index contributed by atoms with van der Waals surface area (Å²) in [7, 11) is 0. The van der Waals surface area contributed by atoms with Gasteiger partial charge in [-0.3, -0.25) is 9.69 Å². The van der Waals surface area contributed by atoms with Gasteiger partial charge in [-0.25, -0.2) is 0 Å². The van der Waals surface area contributed by atoms with E-state index in [4.69, 9.17) is 15.2 Å². The van der Waals surface area contributed by atoms with Crippen molar-refractivity contribution >= 4 is 5.91 Å². The second kappa shape index (κ2) is 5.20. The van der Waals surface area contributed by atoms with Crippen LogP contribution in [0.15, 0.2) is 12.1 Å². The van der Waals surface area contributed by atoms with Gasteiger partial charge in [-0.15, -0.1) is 0 Å². The Balaban J connectivity index is 1.66. The number of carbonyl (C=O) groups excluding carboxylic acids is 1. The highest BCUT2D eigenvalue weighted by Gasteiger charge is 2.24. The first-order chi connectivity index (χ1) is 9.63. The Kier molecular flexibility index (Phi) is 3.40. The number of carbonyl (C=O) groups is 1. The van der Waals surface area contributed by atoms with Gasteiger partial charge in [-0.05, 0) is 32.0 Å². The maximum Gasteiger partial charge on any atom is 0.231 e. The van der Waals surface area contributed by atoms with Gasteiger partial charge in [-0.1, -0.05) is 0 Å². The van der Waals surface area contributed by atoms with E-state index in [1.165, 1.54) is 0 Å². The lowest BCUT2D eigenvalue weighted by molar-refractivity contribution is -0.123. The number of benzene rings is 1. The third-order valence-electron chi connectivity index (χ3n) is 3.96. The SMILES string of the molecule is NC(=O)C1CCN(Cc2cc3c(cc2O)OCO3)CC1. The second-order valence-electron chi connectivity index (χ2n) is 5.29. The van der Waals surface area contributed by atoms with Crippen LogP contribution in [0.1, 0.15) is 18.4 Å². The van der Waals surface area contributed by atoms with Crippen molar-refractivity contribution in [3.05, 3.63) is 17.7 Å². The smallest absolute Gasteiger partial charge is 0.231 e. The van der Waals surface area contributed by atoms with E-state index in [1.54, 1.807) is 6.07 Å². The number of primary amides is 1. The Labute approximate surface area is 117 Å². The summed E-state index contributed by atoms with van der Waals surface area (Å²) in [6.45, 7) is 2.44. The molecule has 0 atom stereocenters. The average Bonchev–Trinajstić information content (AvgIpc) is 2.87. The summed E-state index contributed by atoms with van der Waals surface area (Å²) < 4.78 is 10.5. The van der Waals surface area contributed by atoms with Crippen molar-refractivity contribution in [2.45, 2.75) is 19.4 Å². The number of nitrogens with zero attached hydrogens (tertiary/aromatic N) is 1. The van der Waals surface area contributed by atoms with Crippen molar-refractivity contribution in [2.24, 2.45) is 11.7 Å². The minimum Gasteiger partial charge on any atom is -0.507 e. The molecule has 1 aromatic rings. The molecule has 2 heterocycles. The number of ether oxygens (including phenoxy) is 2. The number of amides is 1. The van der Waals surface area contributed by atoms with Crippen molar-refractivity contribution in [3.63, 3.8) is 0 Å². The lowest BCUT2D eigenvalue weighted by atomic mass is 9.96. The maximum absolute atomic E-state index is 11.1. The molecule has 0 saturated carbocycles. The minimum atomic E-state index is -0.212. The van der Waals surface area contributed by atoms with E-state index in [0.717, 1.165) is 31.5 Å². The number of rotatable bonds is 3. The summed E-state index contributed by atoms with van der Waals surface area (Å²) >= 11 is 0. The van der Waals surface area contributed by atoms with E-state index in [9.17, 15) is 9.90 Å². The van der Waals surface area contributed by atoms with Crippen molar-refractivity contribution in [1.82, 2.24) is 4.90 Å². The molecule has 6 nitrogen and oxygen atoms in total. The quantitative estimate of drug-likeness (QED) is 0.855. The summed E-state index contributed by atoms with van der Waals surface area (Å²) in [4.78, 5) is 13.3. The molecule has 1 amide bonds. The lowest BCUT2D eigenvalue weighted by Gasteiger charge is -2.30. The first-order valence-corrected chi connectivity index (χ1v) is 6.76. The normalized spacial score (nSPS) is 19.2. The summed E-state index contributed by atoms with van der Waals surface area (Å²) in [6, 6.07) is 3.41.